The molecule has 9 nitrogen and oxygen atoms in total. The highest BCUT2D eigenvalue weighted by molar-refractivity contribution is 7.99. The van der Waals surface area contributed by atoms with E-state index in [0.717, 1.165) is 5.56 Å². The Labute approximate surface area is 152 Å². The molecule has 132 valence electrons. The van der Waals surface area contributed by atoms with E-state index in [4.69, 9.17) is 5.11 Å². The second kappa shape index (κ2) is 8.30. The zero-order valence-corrected chi connectivity index (χ0v) is 14.3. The molecule has 0 fully saturated rings. The number of aromatic nitrogens is 6. The maximum atomic E-state index is 12.1. The maximum absolute atomic E-state index is 12.1. The zero-order chi connectivity index (χ0) is 18.4. The van der Waals surface area contributed by atoms with E-state index in [0.29, 0.717) is 23.7 Å². The molecule has 0 spiro atoms. The van der Waals surface area contributed by atoms with E-state index in [1.165, 1.54) is 28.6 Å². The predicted molar refractivity (Wildman–Crippen MR) is 92.2 cm³/mol. The van der Waals surface area contributed by atoms with Gasteiger partial charge in [0.25, 0.3) is 0 Å². The second-order valence-corrected chi connectivity index (χ2v) is 6.25. The fourth-order valence-electron chi connectivity index (χ4n) is 2.14. The summed E-state index contributed by atoms with van der Waals surface area (Å²) < 4.78 is 1.47. The van der Waals surface area contributed by atoms with Crippen LogP contribution in [-0.4, -0.2) is 53.0 Å². The van der Waals surface area contributed by atoms with Crippen LogP contribution in [0, 0.1) is 0 Å². The van der Waals surface area contributed by atoms with Crippen molar-refractivity contribution < 1.29 is 14.7 Å². The largest absolute Gasteiger partial charge is 0.478 e. The van der Waals surface area contributed by atoms with Gasteiger partial charge in [0.05, 0.1) is 23.2 Å². The lowest BCUT2D eigenvalue weighted by Gasteiger charge is -2.04. The van der Waals surface area contributed by atoms with Crippen molar-refractivity contribution in [3.8, 4) is 5.69 Å². The summed E-state index contributed by atoms with van der Waals surface area (Å²) in [6.07, 6.45) is 4.24. The average molecular weight is 370 g/mol. The van der Waals surface area contributed by atoms with Crippen LogP contribution in [0.2, 0.25) is 0 Å². The normalized spacial score (nSPS) is 10.6. The van der Waals surface area contributed by atoms with Crippen LogP contribution in [0.5, 0.6) is 0 Å². The fraction of sp³-hybridized carbons (Fsp3) is 0.188. The lowest BCUT2D eigenvalue weighted by Crippen LogP contribution is -2.06. The summed E-state index contributed by atoms with van der Waals surface area (Å²) in [6.45, 7) is 0. The van der Waals surface area contributed by atoms with Gasteiger partial charge in [-0.2, -0.15) is 14.9 Å². The van der Waals surface area contributed by atoms with Gasteiger partial charge < -0.3 is 5.11 Å². The monoisotopic (exact) mass is 370 g/mol. The number of hydrogen-bond acceptors (Lipinski definition) is 8. The third kappa shape index (κ3) is 4.48. The summed E-state index contributed by atoms with van der Waals surface area (Å²) >= 11 is 1.24. The zero-order valence-electron chi connectivity index (χ0n) is 13.5. The summed E-state index contributed by atoms with van der Waals surface area (Å²) in [7, 11) is 0. The second-order valence-electron chi connectivity index (χ2n) is 5.30. The van der Waals surface area contributed by atoms with Crippen LogP contribution in [0.15, 0.2) is 47.9 Å². The van der Waals surface area contributed by atoms with E-state index in [9.17, 15) is 9.59 Å². The standard InChI is InChI=1S/C16H14N6O3S/c23-14(6-1-11-7-8-17-18-9-11)10-26-16-19-20-21-22(16)13-4-2-12(3-5-13)15(24)25/h2-5,7-9H,1,6,10H2,(H,24,25). The Bertz CT molecular complexity index is 898. The molecule has 2 aromatic heterocycles. The van der Waals surface area contributed by atoms with E-state index in [1.807, 2.05) is 6.07 Å². The van der Waals surface area contributed by atoms with Crippen molar-refractivity contribution >= 4 is 23.5 Å². The number of aryl methyl sites for hydroxylation is 1. The summed E-state index contributed by atoms with van der Waals surface area (Å²) in [4.78, 5) is 23.0. The predicted octanol–water partition coefficient (Wildman–Crippen LogP) is 1.44. The number of Topliss-reactive ketones (excluding diaryl/α,β-unsaturated/α-hetero) is 1. The summed E-state index contributed by atoms with van der Waals surface area (Å²) in [5, 5.41) is 28.3. The molecule has 0 aliphatic heterocycles. The number of nitrogens with zero attached hydrogens (tertiary/aromatic N) is 6. The Kier molecular flexibility index (Phi) is 5.64. The van der Waals surface area contributed by atoms with Crippen molar-refractivity contribution in [1.29, 1.82) is 0 Å². The molecule has 0 atom stereocenters. The topological polar surface area (TPSA) is 124 Å². The van der Waals surface area contributed by atoms with E-state index in [-0.39, 0.29) is 17.1 Å². The van der Waals surface area contributed by atoms with Gasteiger partial charge in [0.1, 0.15) is 5.78 Å². The molecule has 0 radical (unpaired) electrons. The molecule has 0 aliphatic rings. The van der Waals surface area contributed by atoms with Gasteiger partial charge in [-0.15, -0.1) is 5.10 Å². The molecule has 0 saturated heterocycles. The number of aromatic carboxylic acids is 1. The van der Waals surface area contributed by atoms with E-state index in [1.54, 1.807) is 24.5 Å². The van der Waals surface area contributed by atoms with Gasteiger partial charge in [-0.1, -0.05) is 11.8 Å². The number of rotatable bonds is 8. The molecule has 1 N–H and O–H groups in total. The Hall–Kier alpha value is -3.14. The van der Waals surface area contributed by atoms with Gasteiger partial charge in [-0.3, -0.25) is 4.79 Å². The minimum Gasteiger partial charge on any atom is -0.478 e. The minimum absolute atomic E-state index is 0.0718. The smallest absolute Gasteiger partial charge is 0.335 e. The molecular weight excluding hydrogens is 356 g/mol. The summed E-state index contributed by atoms with van der Waals surface area (Å²) in [6, 6.07) is 8.00. The number of carbonyl (C=O) groups excluding carboxylic acids is 1. The van der Waals surface area contributed by atoms with Gasteiger partial charge in [-0.05, 0) is 52.7 Å². The number of carbonyl (C=O) groups is 2. The van der Waals surface area contributed by atoms with Crippen LogP contribution < -0.4 is 0 Å². The SMILES string of the molecule is O=C(CCc1ccnnc1)CSc1nnnn1-c1ccc(C(=O)O)cc1. The first-order valence-electron chi connectivity index (χ1n) is 7.65. The van der Waals surface area contributed by atoms with Crippen molar-refractivity contribution in [3.63, 3.8) is 0 Å². The van der Waals surface area contributed by atoms with Crippen LogP contribution in [0.4, 0.5) is 0 Å². The number of benzene rings is 1. The third-order valence-electron chi connectivity index (χ3n) is 3.50. The Balaban J connectivity index is 1.58. The average Bonchev–Trinajstić information content (AvgIpc) is 3.14. The minimum atomic E-state index is -1.00. The Morgan fingerprint density at radius 3 is 2.62 bits per heavy atom. The first kappa shape index (κ1) is 17.7. The molecule has 26 heavy (non-hydrogen) atoms. The lowest BCUT2D eigenvalue weighted by atomic mass is 10.1. The molecule has 0 saturated carbocycles. The number of thioether (sulfide) groups is 1. The summed E-state index contributed by atoms with van der Waals surface area (Å²) in [5.74, 6) is -0.688. The Morgan fingerprint density at radius 2 is 1.92 bits per heavy atom. The third-order valence-corrected chi connectivity index (χ3v) is 4.48. The van der Waals surface area contributed by atoms with Crippen LogP contribution in [-0.2, 0) is 11.2 Å². The highest BCUT2D eigenvalue weighted by Crippen LogP contribution is 2.19. The number of tetrazole rings is 1. The molecule has 3 rings (SSSR count). The highest BCUT2D eigenvalue weighted by atomic mass is 32.2. The molecule has 0 amide bonds. The van der Waals surface area contributed by atoms with Gasteiger partial charge in [-0.25, -0.2) is 4.79 Å². The first-order valence-corrected chi connectivity index (χ1v) is 8.64. The molecule has 0 aliphatic carbocycles. The Morgan fingerprint density at radius 1 is 1.12 bits per heavy atom. The van der Waals surface area contributed by atoms with Crippen LogP contribution in [0.3, 0.4) is 0 Å². The fourth-order valence-corrected chi connectivity index (χ4v) is 2.94. The molecule has 0 unspecified atom stereocenters. The van der Waals surface area contributed by atoms with Crippen LogP contribution in [0.1, 0.15) is 22.3 Å². The van der Waals surface area contributed by atoms with Gasteiger partial charge in [0.2, 0.25) is 5.16 Å². The first-order chi connectivity index (χ1) is 12.6. The van der Waals surface area contributed by atoms with E-state index in [2.05, 4.69) is 25.7 Å². The summed E-state index contributed by atoms with van der Waals surface area (Å²) in [5.41, 5.74) is 1.76. The van der Waals surface area contributed by atoms with Gasteiger partial charge >= 0.3 is 5.97 Å². The lowest BCUT2D eigenvalue weighted by molar-refractivity contribution is -0.116. The maximum Gasteiger partial charge on any atom is 0.335 e. The molecular formula is C16H14N6O3S. The number of hydrogen-bond donors (Lipinski definition) is 1. The van der Waals surface area contributed by atoms with Crippen molar-refractivity contribution in [2.45, 2.75) is 18.0 Å². The molecule has 0 bridgehead atoms. The van der Waals surface area contributed by atoms with Crippen molar-refractivity contribution in [3.05, 3.63) is 53.9 Å². The molecule has 10 heteroatoms. The van der Waals surface area contributed by atoms with Crippen LogP contribution >= 0.6 is 11.8 Å². The molecule has 1 aromatic carbocycles. The number of carboxylic acid groups (broad SMARTS) is 1. The molecule has 2 heterocycles. The van der Waals surface area contributed by atoms with Crippen molar-refractivity contribution in [2.24, 2.45) is 0 Å². The quantitative estimate of drug-likeness (QED) is 0.586. The van der Waals surface area contributed by atoms with E-state index < -0.39 is 5.97 Å². The van der Waals surface area contributed by atoms with E-state index >= 15 is 0 Å². The van der Waals surface area contributed by atoms with Gasteiger partial charge in [0, 0.05) is 12.6 Å². The van der Waals surface area contributed by atoms with Gasteiger partial charge in [0.15, 0.2) is 0 Å². The highest BCUT2D eigenvalue weighted by Gasteiger charge is 2.12. The van der Waals surface area contributed by atoms with Crippen molar-refractivity contribution in [1.82, 2.24) is 30.4 Å². The van der Waals surface area contributed by atoms with Crippen molar-refractivity contribution in [2.75, 3.05) is 5.75 Å². The number of carboxylic acids is 1. The molecule has 3 aromatic rings. The van der Waals surface area contributed by atoms with Crippen LogP contribution in [0.25, 0.3) is 5.69 Å². The number of ketones is 1.